The van der Waals surface area contributed by atoms with E-state index in [4.69, 9.17) is 289 Å². The Balaban J connectivity index is 0.000000397. The highest BCUT2D eigenvalue weighted by molar-refractivity contribution is 8.39. The van der Waals surface area contributed by atoms with Crippen molar-refractivity contribution in [1.29, 1.82) is 0 Å². The summed E-state index contributed by atoms with van der Waals surface area (Å²) in [7, 11) is 241. The maximum absolute atomic E-state index is 10.6. The third kappa shape index (κ3) is 31.7. The van der Waals surface area contributed by atoms with Crippen molar-refractivity contribution in [3.05, 3.63) is 102 Å². The minimum Gasteiger partial charge on any atom is -0.691 e. The van der Waals surface area contributed by atoms with Gasteiger partial charge in [-0.3, -0.25) is 5.04 Å². The van der Waals surface area contributed by atoms with Crippen molar-refractivity contribution in [1.82, 2.24) is 0 Å². The van der Waals surface area contributed by atoms with Crippen LogP contribution < -0.4 is 19.5 Å². The summed E-state index contributed by atoms with van der Waals surface area (Å²) in [6.45, 7) is 0. The number of methoxy groups -OCH3 is 3. The molecule has 3 aliphatic carbocycles. The first kappa shape index (κ1) is 114. The molecule has 0 spiro atoms. The van der Waals surface area contributed by atoms with Gasteiger partial charge in [-0.15, -0.1) is 0 Å². The van der Waals surface area contributed by atoms with Gasteiger partial charge in [-0.1, -0.05) is 88.1 Å². The van der Waals surface area contributed by atoms with Crippen molar-refractivity contribution in [2.24, 2.45) is 0 Å². The zero-order valence-corrected chi connectivity index (χ0v) is 73.2. The van der Waals surface area contributed by atoms with Gasteiger partial charge in [0, 0.05) is 512 Å². The van der Waals surface area contributed by atoms with Gasteiger partial charge in [0.1, 0.15) is 17.2 Å². The maximum atomic E-state index is 10.6. The number of rotatable bonds is 45. The number of benzene rings is 4. The monoisotopic (exact) mass is 1520 g/mol. The molecule has 0 heterocycles. The fraction of sp³-hybridized carbons (Fsp3) is 0.467. The summed E-state index contributed by atoms with van der Waals surface area (Å²) < 4.78 is 21.2. The largest absolute Gasteiger partial charge is 0.691 e. The minimum absolute atomic E-state index is 0.290. The van der Waals surface area contributed by atoms with E-state index < -0.39 is 211 Å². The fourth-order valence-corrected chi connectivity index (χ4v) is 23.5. The summed E-state index contributed by atoms with van der Waals surface area (Å²) >= 11 is 1.18. The lowest BCUT2D eigenvalue weighted by Crippen LogP contribution is -2.98. The van der Waals surface area contributed by atoms with Crippen LogP contribution in [-0.4, -0.2) is 510 Å². The zero-order chi connectivity index (χ0) is 91.6. The Morgan fingerprint density at radius 3 is 0.730 bits per heavy atom. The molecular formula is C45H56B69O6S2. The van der Waals surface area contributed by atoms with Gasteiger partial charge >= 0.3 is 0 Å². The molecule has 0 aromatic heterocycles. The van der Waals surface area contributed by atoms with Gasteiger partial charge in [-0.2, -0.15) is 4.33 Å². The van der Waals surface area contributed by atoms with Crippen molar-refractivity contribution >= 4 is 512 Å². The summed E-state index contributed by atoms with van der Waals surface area (Å²) in [6, 6.07) is 29.6. The van der Waals surface area contributed by atoms with Crippen molar-refractivity contribution in [3.63, 3.8) is 0 Å². The zero-order valence-electron chi connectivity index (χ0n) is 71.5. The molecule has 3 aliphatic rings. The highest BCUT2D eigenvalue weighted by Gasteiger charge is 2.64. The Morgan fingerprint density at radius 2 is 0.516 bits per heavy atom. The summed E-state index contributed by atoms with van der Waals surface area (Å²) in [6.07, 6.45) is -30.4. The molecule has 491 valence electrons. The maximum Gasteiger partial charge on any atom is 0.170 e. The predicted octanol–water partition coefficient (Wildman–Crippen LogP) is -14.4. The molecule has 0 atom stereocenters. The quantitative estimate of drug-likeness (QED) is 0.0144. The normalized spacial score (nSPS) is 13.0. The molecule has 0 amide bonds. The molecule has 3 fully saturated rings. The fourth-order valence-electron chi connectivity index (χ4n) is 20.6. The van der Waals surface area contributed by atoms with Crippen LogP contribution in [-0.2, 0) is 20.3 Å². The average Bonchev–Trinajstić information content (AvgIpc) is 0.718. The second kappa shape index (κ2) is 56.6. The molecule has 4 aromatic rings. The molecule has 6 nitrogen and oxygen atoms in total. The second-order valence-corrected chi connectivity index (χ2v) is 36.6. The van der Waals surface area contributed by atoms with E-state index in [1.807, 2.05) is 36.4 Å². The van der Waals surface area contributed by atoms with E-state index in [9.17, 15) is 5.26 Å². The van der Waals surface area contributed by atoms with E-state index in [2.05, 4.69) is 53.6 Å². The third-order valence-electron chi connectivity index (χ3n) is 25.8. The Morgan fingerprint density at radius 1 is 0.295 bits per heavy atom. The first-order valence-corrected chi connectivity index (χ1v) is 44.2. The van der Waals surface area contributed by atoms with Crippen LogP contribution in [0.3, 0.4) is 0 Å². The van der Waals surface area contributed by atoms with E-state index >= 15 is 0 Å². The van der Waals surface area contributed by atoms with Crippen LogP contribution in [0.2, 0.25) is 0 Å². The summed E-state index contributed by atoms with van der Waals surface area (Å²) in [5.41, 5.74) is 4.46. The van der Waals surface area contributed by atoms with Crippen molar-refractivity contribution in [2.45, 2.75) is 134 Å². The predicted molar refractivity (Wildman–Crippen MR) is 610 cm³/mol. The number of hydrogen-bond acceptors (Lipinski definition) is 7. The van der Waals surface area contributed by atoms with Crippen LogP contribution in [0.15, 0.2) is 105 Å². The lowest BCUT2D eigenvalue weighted by Gasteiger charge is -2.60. The third-order valence-corrected chi connectivity index (χ3v) is 28.7. The molecule has 4 aromatic carbocycles. The van der Waals surface area contributed by atoms with Crippen molar-refractivity contribution < 1.29 is 28.8 Å². The van der Waals surface area contributed by atoms with Crippen LogP contribution in [0.4, 0.5) is 0 Å². The van der Waals surface area contributed by atoms with E-state index in [0.717, 1.165) is 24.3 Å². The lowest BCUT2D eigenvalue weighted by molar-refractivity contribution is -0.777. The number of ether oxygens (including phenoxy) is 3. The molecule has 0 bridgehead atoms. The van der Waals surface area contributed by atoms with Crippen LogP contribution in [0.25, 0.3) is 0 Å². The summed E-state index contributed by atoms with van der Waals surface area (Å²) in [5, 5.41) is 14.4. The number of hydrogen-bond donors (Lipinski definition) is 0. The van der Waals surface area contributed by atoms with Gasteiger partial charge in [0.15, 0.2) is 14.7 Å². The van der Waals surface area contributed by atoms with Crippen LogP contribution in [0, 0.1) is 0 Å². The van der Waals surface area contributed by atoms with Gasteiger partial charge in [-0.05, 0) is 109 Å². The molecular weight excluding hydrogens is 1450 g/mol. The van der Waals surface area contributed by atoms with Crippen LogP contribution >= 0.6 is 12.0 Å². The van der Waals surface area contributed by atoms with Gasteiger partial charge in [-0.25, -0.2) is 0 Å². The Hall–Kier alpha value is 1.34. The first-order valence-electron chi connectivity index (χ1n) is 42.3. The van der Waals surface area contributed by atoms with Crippen LogP contribution in [0.5, 0.6) is 17.2 Å². The molecule has 7 rings (SSSR count). The van der Waals surface area contributed by atoms with Crippen molar-refractivity contribution in [2.75, 3.05) is 21.3 Å². The molecule has 0 aliphatic heterocycles. The summed E-state index contributed by atoms with van der Waals surface area (Å²) in [4.78, 5) is 4.75. The Bertz CT molecular complexity index is 3250. The van der Waals surface area contributed by atoms with E-state index in [1.54, 1.807) is 26.9 Å². The van der Waals surface area contributed by atoms with E-state index in [-0.39, 0.29) is 10.9 Å². The Kier molecular flexibility index (Phi) is 52.8. The summed E-state index contributed by atoms with van der Waals surface area (Å²) in [5.74, 6) is 4.48. The van der Waals surface area contributed by atoms with Gasteiger partial charge < -0.3 is 19.5 Å². The van der Waals surface area contributed by atoms with Gasteiger partial charge in [0.2, 0.25) is 0 Å². The minimum atomic E-state index is -1.68. The first-order chi connectivity index (χ1) is 57.5. The van der Waals surface area contributed by atoms with Gasteiger partial charge in [0.05, 0.1) is 44.3 Å². The molecule has 0 unspecified atom stereocenters. The van der Waals surface area contributed by atoms with Crippen LogP contribution in [0.1, 0.15) is 131 Å². The lowest BCUT2D eigenvalue weighted by atomic mass is 8.21. The average molecular weight is 1500 g/mol. The molecule has 0 N–H and O–H groups in total. The van der Waals surface area contributed by atoms with E-state index in [1.165, 1.54) is 139 Å². The second-order valence-electron chi connectivity index (χ2n) is 33.8. The smallest absolute Gasteiger partial charge is 0.170 e. The van der Waals surface area contributed by atoms with Crippen molar-refractivity contribution in [3.8, 4) is 17.2 Å². The molecule has 3 saturated carbocycles. The molecule has 122 heavy (non-hydrogen) atoms. The molecule has 77 heteroatoms. The van der Waals surface area contributed by atoms with E-state index in [0.29, 0.717) is 17.8 Å². The molecule has 71 radical (unpaired) electrons. The van der Waals surface area contributed by atoms with Gasteiger partial charge in [0.25, 0.3) is 0 Å². The highest BCUT2D eigenvalue weighted by atomic mass is 32.2. The topological polar surface area (TPSA) is 69.2 Å². The standard InChI is InChI=1S/C24H36O3S.C21H21O3S.B69/c25-26-27-28-24-22(19-12-6-2-7-13-19)16-21(18-10-4-1-5-11-18)17-23(24)20-14-8-3-9-15-20;1-22-16-7-4-10-19(13-16)25(20-11-5-8-17(14-20)23-2)21-12-6-9-18(15-21)24-3;1-36-54(37(2)3)63(55(38(4)5)39(6)7)67(62(52(32)33)53(34)35)69(66(60(48(24)25)49(26)27)61(50(28)29)51(30)31)68(64(56(40(8)9)41(10)11)57(42(12)13)43(14)15)65(58(44(16)17)45(18)19)59(46(20)21)47(22)23/h16-20,25H,1-15H2;4-15H,1-3H3;/q;+1;/p-1. The Labute approximate surface area is 806 Å². The SMILES string of the molecule is COc1cccc([S+](c2cccc(OC)c2)c2cccc(OC)c2)c1.[B][B]B(B([B])[B])B(B(B([B])[B])B([B])[B])B(B(B([B])[B])B([B])[B])B(B(B(B([B])[B])B([B])[B])B(B([B])[B])B([B])[B])B(B(B(B([B])[B])B([B])[B])B(B([B])[B])B([B])[B])B(B(B([B])[B])B([B])[B])B(B([B])[B])B([B])[B].[O-]OOSc1c(C2CCCCC2)cc(C2CCCCC2)cc1C1CCCCC1. The molecule has 0 saturated heterocycles. The highest BCUT2D eigenvalue weighted by Crippen LogP contribution is 2.48.